The lowest BCUT2D eigenvalue weighted by Gasteiger charge is -2.31. The molecule has 0 atom stereocenters. The summed E-state index contributed by atoms with van der Waals surface area (Å²) in [6.45, 7) is 8.09. The summed E-state index contributed by atoms with van der Waals surface area (Å²) in [6, 6.07) is 11.7. The molecule has 1 N–H and O–H groups in total. The minimum absolute atomic E-state index is 0.00794. The highest BCUT2D eigenvalue weighted by Crippen LogP contribution is 2.29. The molecule has 3 aromatic rings. The van der Waals surface area contributed by atoms with Crippen LogP contribution in [-0.4, -0.2) is 53.2 Å². The average Bonchev–Trinajstić information content (AvgIpc) is 2.94. The molecule has 1 aliphatic heterocycles. The second-order valence-corrected chi connectivity index (χ2v) is 9.84. The highest BCUT2D eigenvalue weighted by atomic mass is 19.1. The van der Waals surface area contributed by atoms with Crippen LogP contribution in [0.1, 0.15) is 32.3 Å². The molecule has 2 heterocycles. The van der Waals surface area contributed by atoms with Gasteiger partial charge in [0.15, 0.2) is 17.4 Å². The van der Waals surface area contributed by atoms with Crippen molar-refractivity contribution in [1.82, 2.24) is 14.7 Å². The smallest absolute Gasteiger partial charge is 0.414 e. The van der Waals surface area contributed by atoms with Gasteiger partial charge in [-0.1, -0.05) is 18.7 Å². The molecule has 1 aromatic heterocycles. The van der Waals surface area contributed by atoms with Crippen LogP contribution in [0.2, 0.25) is 0 Å². The predicted molar refractivity (Wildman–Crippen MR) is 151 cm³/mol. The van der Waals surface area contributed by atoms with Gasteiger partial charge in [-0.2, -0.15) is 5.10 Å². The maximum atomic E-state index is 15.0. The molecular formula is C30H32F2N4O6. The van der Waals surface area contributed by atoms with Crippen LogP contribution >= 0.6 is 0 Å². The van der Waals surface area contributed by atoms with E-state index < -0.39 is 35.1 Å². The average molecular weight is 583 g/mol. The maximum absolute atomic E-state index is 15.0. The molecule has 0 aliphatic carbocycles. The fourth-order valence-corrected chi connectivity index (χ4v) is 4.46. The molecule has 1 fully saturated rings. The maximum Gasteiger partial charge on any atom is 0.414 e. The van der Waals surface area contributed by atoms with Crippen molar-refractivity contribution in [3.8, 4) is 17.0 Å². The molecule has 42 heavy (non-hydrogen) atoms. The summed E-state index contributed by atoms with van der Waals surface area (Å²) in [6.07, 6.45) is 0.128. The number of carbonyl (C=O) groups is 2. The van der Waals surface area contributed by atoms with E-state index >= 15 is 0 Å². The van der Waals surface area contributed by atoms with E-state index in [9.17, 15) is 23.2 Å². The quantitative estimate of drug-likeness (QED) is 0.329. The lowest BCUT2D eigenvalue weighted by molar-refractivity contribution is 0.0993. The van der Waals surface area contributed by atoms with E-state index in [4.69, 9.17) is 14.2 Å². The number of ether oxygens (including phenoxy) is 3. The van der Waals surface area contributed by atoms with Crippen molar-refractivity contribution in [1.29, 1.82) is 0 Å². The van der Waals surface area contributed by atoms with E-state index in [-0.39, 0.29) is 36.9 Å². The minimum atomic E-state index is -0.898. The van der Waals surface area contributed by atoms with Crippen LogP contribution in [0.3, 0.4) is 0 Å². The number of likely N-dealkylation sites (tertiary alicyclic amines) is 1. The van der Waals surface area contributed by atoms with Gasteiger partial charge in [-0.25, -0.2) is 23.1 Å². The molecule has 222 valence electrons. The lowest BCUT2D eigenvalue weighted by atomic mass is 9.98. The molecule has 2 amide bonds. The van der Waals surface area contributed by atoms with Crippen LogP contribution in [0.4, 0.5) is 24.1 Å². The fourth-order valence-electron chi connectivity index (χ4n) is 4.46. The molecule has 0 spiro atoms. The topological polar surface area (TPSA) is 112 Å². The summed E-state index contributed by atoms with van der Waals surface area (Å²) in [7, 11) is 0. The molecule has 0 saturated carbocycles. The Morgan fingerprint density at radius 3 is 2.48 bits per heavy atom. The fraction of sp³-hybridized carbons (Fsp3) is 0.333. The number of rotatable bonds is 9. The van der Waals surface area contributed by atoms with Gasteiger partial charge in [0.1, 0.15) is 0 Å². The van der Waals surface area contributed by atoms with E-state index in [0.717, 1.165) is 16.8 Å². The molecule has 4 rings (SSSR count). The van der Waals surface area contributed by atoms with Crippen LogP contribution in [0.25, 0.3) is 11.3 Å². The third-order valence-electron chi connectivity index (χ3n) is 6.54. The summed E-state index contributed by atoms with van der Waals surface area (Å²) < 4.78 is 46.6. The van der Waals surface area contributed by atoms with Gasteiger partial charge in [0.05, 0.1) is 31.2 Å². The first-order chi connectivity index (χ1) is 20.1. The SMILES string of the molecule is C=C(C)OC(=O)N1CCC(COc2c(F)cc(-c3ccc(=O)n(Cc4cccc(NC(=O)OCC)c4)n3)cc2F)CC1. The number of nitrogens with zero attached hydrogens (tertiary/aromatic N) is 3. The van der Waals surface area contributed by atoms with Crippen molar-refractivity contribution in [3.05, 3.63) is 88.4 Å². The van der Waals surface area contributed by atoms with Crippen molar-refractivity contribution in [2.75, 3.05) is 31.6 Å². The predicted octanol–water partition coefficient (Wildman–Crippen LogP) is 5.57. The van der Waals surface area contributed by atoms with Crippen molar-refractivity contribution in [2.45, 2.75) is 33.2 Å². The number of benzene rings is 2. The Labute approximate surface area is 241 Å². The van der Waals surface area contributed by atoms with Crippen LogP contribution < -0.4 is 15.6 Å². The summed E-state index contributed by atoms with van der Waals surface area (Å²) in [5.41, 5.74) is 1.05. The highest BCUT2D eigenvalue weighted by molar-refractivity contribution is 5.84. The monoisotopic (exact) mass is 582 g/mol. The van der Waals surface area contributed by atoms with Crippen molar-refractivity contribution in [3.63, 3.8) is 0 Å². The third kappa shape index (κ3) is 7.93. The Morgan fingerprint density at radius 1 is 1.10 bits per heavy atom. The summed E-state index contributed by atoms with van der Waals surface area (Å²) in [5.74, 6) is -1.98. The van der Waals surface area contributed by atoms with Crippen molar-refractivity contribution in [2.24, 2.45) is 5.92 Å². The summed E-state index contributed by atoms with van der Waals surface area (Å²) >= 11 is 0. The second-order valence-electron chi connectivity index (χ2n) is 9.84. The number of anilines is 1. The Morgan fingerprint density at radius 2 is 1.81 bits per heavy atom. The van der Waals surface area contributed by atoms with Crippen LogP contribution in [0.15, 0.2) is 65.7 Å². The zero-order valence-corrected chi connectivity index (χ0v) is 23.4. The summed E-state index contributed by atoms with van der Waals surface area (Å²) in [4.78, 5) is 37.8. The lowest BCUT2D eigenvalue weighted by Crippen LogP contribution is -2.39. The number of aromatic nitrogens is 2. The number of hydrogen-bond donors (Lipinski definition) is 1. The van der Waals surface area contributed by atoms with Gasteiger partial charge in [0.25, 0.3) is 5.56 Å². The van der Waals surface area contributed by atoms with Gasteiger partial charge in [-0.05, 0) is 68.5 Å². The van der Waals surface area contributed by atoms with E-state index in [0.29, 0.717) is 42.9 Å². The Hall–Kier alpha value is -4.74. The zero-order valence-electron chi connectivity index (χ0n) is 23.4. The normalized spacial score (nSPS) is 13.4. The number of nitrogens with one attached hydrogen (secondary N) is 1. The van der Waals surface area contributed by atoms with Gasteiger partial charge >= 0.3 is 12.2 Å². The Bertz CT molecular complexity index is 1490. The molecule has 10 nitrogen and oxygen atoms in total. The largest absolute Gasteiger partial charge is 0.487 e. The molecular weight excluding hydrogens is 550 g/mol. The van der Waals surface area contributed by atoms with Crippen LogP contribution in [-0.2, 0) is 16.0 Å². The molecule has 0 bridgehead atoms. The van der Waals surface area contributed by atoms with E-state index in [1.165, 1.54) is 12.1 Å². The van der Waals surface area contributed by atoms with Crippen molar-refractivity contribution < 1.29 is 32.6 Å². The van der Waals surface area contributed by atoms with Gasteiger partial charge in [-0.15, -0.1) is 0 Å². The molecule has 1 aliphatic rings. The number of amides is 2. The van der Waals surface area contributed by atoms with E-state index in [2.05, 4.69) is 17.0 Å². The number of carbonyl (C=O) groups excluding carboxylic acids is 2. The van der Waals surface area contributed by atoms with E-state index in [1.54, 1.807) is 43.0 Å². The summed E-state index contributed by atoms with van der Waals surface area (Å²) in [5, 5.41) is 6.89. The molecule has 12 heteroatoms. The standard InChI is InChI=1S/C30H32F2N4O6/c1-4-40-29(38)33-23-7-5-6-21(14-23)17-36-27(37)9-8-26(34-36)22-15-24(31)28(25(32)16-22)41-18-20-10-12-35(13-11-20)30(39)42-19(2)3/h5-9,14-16,20H,2,4,10-13,17-18H2,1,3H3,(H,33,38). The molecule has 1 saturated heterocycles. The molecule has 2 aromatic carbocycles. The second kappa shape index (κ2) is 13.7. The van der Waals surface area contributed by atoms with Crippen molar-refractivity contribution >= 4 is 17.9 Å². The van der Waals surface area contributed by atoms with E-state index in [1.807, 2.05) is 0 Å². The van der Waals surface area contributed by atoms with Gasteiger partial charge in [-0.3, -0.25) is 10.1 Å². The minimum Gasteiger partial charge on any atom is -0.487 e. The first-order valence-corrected chi connectivity index (χ1v) is 13.5. The molecule has 0 radical (unpaired) electrons. The zero-order chi connectivity index (χ0) is 30.2. The Kier molecular flexibility index (Phi) is 9.89. The number of hydrogen-bond acceptors (Lipinski definition) is 7. The van der Waals surface area contributed by atoms with Gasteiger partial charge < -0.3 is 19.1 Å². The molecule has 0 unspecified atom stereocenters. The van der Waals surface area contributed by atoms with Crippen LogP contribution in [0.5, 0.6) is 5.75 Å². The number of allylic oxidation sites excluding steroid dienone is 1. The third-order valence-corrected chi connectivity index (χ3v) is 6.54. The number of halogens is 2. The van der Waals surface area contributed by atoms with Gasteiger partial charge in [0, 0.05) is 30.4 Å². The highest BCUT2D eigenvalue weighted by Gasteiger charge is 2.25. The van der Waals surface area contributed by atoms with Gasteiger partial charge in [0.2, 0.25) is 0 Å². The number of piperidine rings is 1. The van der Waals surface area contributed by atoms with Crippen LogP contribution in [0, 0.1) is 17.6 Å². The first kappa shape index (κ1) is 30.2. The first-order valence-electron chi connectivity index (χ1n) is 13.5. The Balaban J connectivity index is 1.41.